The first-order valence-electron chi connectivity index (χ1n) is 5.75. The average Bonchev–Trinajstić information content (AvgIpc) is 2.46. The zero-order chi connectivity index (χ0) is 12.8. The molecule has 1 aliphatic heterocycles. The summed E-state index contributed by atoms with van der Waals surface area (Å²) in [6, 6.07) is 9.24. The predicted octanol–water partition coefficient (Wildman–Crippen LogP) is -1.14. The second-order valence-corrected chi connectivity index (χ2v) is 3.85. The molecule has 6 heteroatoms. The predicted molar refractivity (Wildman–Crippen MR) is 64.6 cm³/mol. The van der Waals surface area contributed by atoms with Crippen molar-refractivity contribution in [3.63, 3.8) is 0 Å². The quantitative estimate of drug-likeness (QED) is 0.301. The second kappa shape index (κ2) is 6.02. The van der Waals surface area contributed by atoms with Crippen molar-refractivity contribution in [3.8, 4) is 0 Å². The molecule has 1 fully saturated rings. The van der Waals surface area contributed by atoms with Gasteiger partial charge >= 0.3 is 11.9 Å². The molecule has 0 bridgehead atoms. The molecule has 2 rings (SSSR count). The molecule has 0 radical (unpaired) electrons. The third-order valence-corrected chi connectivity index (χ3v) is 2.60. The highest BCUT2D eigenvalue weighted by Gasteiger charge is 2.19. The number of hydrogen-bond donors (Lipinski definition) is 2. The van der Waals surface area contributed by atoms with Crippen LogP contribution in [0.25, 0.3) is 0 Å². The molecule has 1 heterocycles. The zero-order valence-electron chi connectivity index (χ0n) is 9.96. The molecular formula is C12H16N3O3+. The van der Waals surface area contributed by atoms with Gasteiger partial charge in [0.2, 0.25) is 0 Å². The van der Waals surface area contributed by atoms with Crippen LogP contribution in [-0.4, -0.2) is 43.1 Å². The molecule has 3 N–H and O–H groups in total. The Balaban J connectivity index is 1.91. The molecule has 1 aliphatic rings. The fourth-order valence-electron chi connectivity index (χ4n) is 1.59. The van der Waals surface area contributed by atoms with Crippen LogP contribution in [0.1, 0.15) is 5.56 Å². The maximum atomic E-state index is 11.7. The summed E-state index contributed by atoms with van der Waals surface area (Å²) in [5, 5.41) is 2.46. The summed E-state index contributed by atoms with van der Waals surface area (Å²) in [4.78, 5) is 18.1. The van der Waals surface area contributed by atoms with Gasteiger partial charge in [0.25, 0.3) is 0 Å². The van der Waals surface area contributed by atoms with Gasteiger partial charge in [-0.05, 0) is 12.1 Å². The molecule has 0 aliphatic carbocycles. The zero-order valence-corrected chi connectivity index (χ0v) is 9.96. The summed E-state index contributed by atoms with van der Waals surface area (Å²) in [5.41, 5.74) is 6.53. The molecule has 18 heavy (non-hydrogen) atoms. The van der Waals surface area contributed by atoms with Crippen LogP contribution in [0.4, 0.5) is 4.79 Å². The summed E-state index contributed by atoms with van der Waals surface area (Å²) in [6.07, 6.45) is -0.447. The number of rotatable bonds is 2. The lowest BCUT2D eigenvalue weighted by atomic mass is 10.2. The lowest BCUT2D eigenvalue weighted by Crippen LogP contribution is -2.76. The highest BCUT2D eigenvalue weighted by Crippen LogP contribution is 1.97. The number of nitrogens with zero attached hydrogens (tertiary/aromatic N) is 1. The van der Waals surface area contributed by atoms with E-state index in [0.29, 0.717) is 32.1 Å². The molecule has 96 valence electrons. The average molecular weight is 250 g/mol. The number of benzene rings is 1. The lowest BCUT2D eigenvalue weighted by molar-refractivity contribution is -0.723. The highest BCUT2D eigenvalue weighted by molar-refractivity contribution is 5.92. The number of nitrogen functional groups attached to an aromatic ring is 1. The number of carbonyl (C=O) groups is 1. The van der Waals surface area contributed by atoms with Gasteiger partial charge in [0.05, 0.1) is 18.8 Å². The molecule has 0 unspecified atom stereocenters. The Morgan fingerprint density at radius 1 is 1.28 bits per heavy atom. The monoisotopic (exact) mass is 250 g/mol. The minimum absolute atomic E-state index is 0.303. The van der Waals surface area contributed by atoms with Gasteiger partial charge in [-0.2, -0.15) is 0 Å². The fraction of sp³-hybridized carbons (Fsp3) is 0.333. The van der Waals surface area contributed by atoms with E-state index in [0.717, 1.165) is 5.56 Å². The third kappa shape index (κ3) is 3.21. The van der Waals surface area contributed by atoms with Gasteiger partial charge in [-0.3, -0.25) is 5.73 Å². The van der Waals surface area contributed by atoms with Crippen LogP contribution >= 0.6 is 0 Å². The van der Waals surface area contributed by atoms with Gasteiger partial charge in [0.15, 0.2) is 0 Å². The maximum absolute atomic E-state index is 11.7. The molecule has 1 amide bonds. The molecule has 0 spiro atoms. The van der Waals surface area contributed by atoms with Crippen LogP contribution in [0.3, 0.4) is 0 Å². The SMILES string of the molecule is NC(=[NH+]OC(=O)N1CCOCC1)c1ccccc1. The number of hydrogen-bond acceptors (Lipinski definition) is 3. The Morgan fingerprint density at radius 2 is 1.94 bits per heavy atom. The van der Waals surface area contributed by atoms with Gasteiger partial charge in [-0.15, -0.1) is 0 Å². The van der Waals surface area contributed by atoms with Crippen molar-refractivity contribution in [2.24, 2.45) is 5.73 Å². The van der Waals surface area contributed by atoms with Gasteiger partial charge in [0, 0.05) is 13.1 Å². The van der Waals surface area contributed by atoms with Crippen LogP contribution < -0.4 is 10.9 Å². The fourth-order valence-corrected chi connectivity index (χ4v) is 1.59. The topological polar surface area (TPSA) is 78.8 Å². The minimum atomic E-state index is -0.447. The second-order valence-electron chi connectivity index (χ2n) is 3.85. The molecular weight excluding hydrogens is 234 g/mol. The summed E-state index contributed by atoms with van der Waals surface area (Å²) >= 11 is 0. The molecule has 0 saturated carbocycles. The van der Waals surface area contributed by atoms with Crippen molar-refractivity contribution in [1.29, 1.82) is 0 Å². The smallest absolute Gasteiger partial charge is 0.378 e. The molecule has 1 saturated heterocycles. The first-order chi connectivity index (χ1) is 8.77. The number of amides is 1. The summed E-state index contributed by atoms with van der Waals surface area (Å²) in [5.74, 6) is 0.303. The van der Waals surface area contributed by atoms with Crippen molar-refractivity contribution in [2.75, 3.05) is 26.3 Å². The number of nitrogens with one attached hydrogen (secondary N) is 1. The summed E-state index contributed by atoms with van der Waals surface area (Å²) in [7, 11) is 0. The molecule has 0 aromatic heterocycles. The Labute approximate surface area is 105 Å². The van der Waals surface area contributed by atoms with E-state index in [1.165, 1.54) is 0 Å². The van der Waals surface area contributed by atoms with Gasteiger partial charge < -0.3 is 9.64 Å². The highest BCUT2D eigenvalue weighted by atomic mass is 16.7. The van der Waals surface area contributed by atoms with Crippen LogP contribution in [0.5, 0.6) is 0 Å². The number of morpholine rings is 1. The van der Waals surface area contributed by atoms with E-state index < -0.39 is 6.09 Å². The van der Waals surface area contributed by atoms with Gasteiger partial charge in [-0.1, -0.05) is 23.4 Å². The maximum Gasteiger partial charge on any atom is 0.454 e. The van der Waals surface area contributed by atoms with Crippen molar-refractivity contribution in [3.05, 3.63) is 35.9 Å². The Kier molecular flexibility index (Phi) is 4.14. The first-order valence-corrected chi connectivity index (χ1v) is 5.75. The third-order valence-electron chi connectivity index (χ3n) is 2.60. The van der Waals surface area contributed by atoms with Crippen LogP contribution in [0, 0.1) is 0 Å². The van der Waals surface area contributed by atoms with E-state index in [4.69, 9.17) is 15.3 Å². The lowest BCUT2D eigenvalue weighted by Gasteiger charge is -2.23. The number of carbonyl (C=O) groups excluding carboxylic acids is 1. The van der Waals surface area contributed by atoms with Crippen molar-refractivity contribution in [1.82, 2.24) is 4.90 Å². The van der Waals surface area contributed by atoms with E-state index in [1.807, 2.05) is 30.3 Å². The first kappa shape index (κ1) is 12.4. The van der Waals surface area contributed by atoms with Gasteiger partial charge in [0.1, 0.15) is 0 Å². The Morgan fingerprint density at radius 3 is 2.61 bits per heavy atom. The van der Waals surface area contributed by atoms with E-state index in [9.17, 15) is 4.79 Å². The minimum Gasteiger partial charge on any atom is -0.378 e. The number of ether oxygens (including phenoxy) is 1. The van der Waals surface area contributed by atoms with E-state index >= 15 is 0 Å². The molecule has 0 atom stereocenters. The molecule has 6 nitrogen and oxygen atoms in total. The Hall–Kier alpha value is -2.08. The normalized spacial score (nSPS) is 16.4. The Bertz CT molecular complexity index is 427. The van der Waals surface area contributed by atoms with Crippen LogP contribution in [-0.2, 0) is 9.57 Å². The standard InChI is InChI=1S/C12H15N3O3/c13-11(10-4-2-1-3-5-10)14-18-12(16)15-6-8-17-9-7-15/h1-5H,6-9H2,(H2,13,14)/p+1. The van der Waals surface area contributed by atoms with E-state index in [2.05, 4.69) is 5.16 Å². The number of amidine groups is 1. The van der Waals surface area contributed by atoms with Crippen molar-refractivity contribution >= 4 is 11.9 Å². The van der Waals surface area contributed by atoms with Crippen LogP contribution in [0.15, 0.2) is 30.3 Å². The molecule has 1 aromatic carbocycles. The van der Waals surface area contributed by atoms with E-state index in [-0.39, 0.29) is 0 Å². The summed E-state index contributed by atoms with van der Waals surface area (Å²) in [6.45, 7) is 2.14. The van der Waals surface area contributed by atoms with Crippen molar-refractivity contribution in [2.45, 2.75) is 0 Å². The van der Waals surface area contributed by atoms with Crippen molar-refractivity contribution < 1.29 is 19.5 Å². The van der Waals surface area contributed by atoms with E-state index in [1.54, 1.807) is 4.90 Å². The van der Waals surface area contributed by atoms with Crippen LogP contribution in [0.2, 0.25) is 0 Å². The van der Waals surface area contributed by atoms with Gasteiger partial charge in [-0.25, -0.2) is 9.63 Å². The summed E-state index contributed by atoms with van der Waals surface area (Å²) < 4.78 is 5.15. The largest absolute Gasteiger partial charge is 0.454 e. The molecule has 1 aromatic rings. The number of nitrogens with two attached hydrogens (primary N) is 1.